The molecule has 2 aromatic heterocycles. The van der Waals surface area contributed by atoms with Crippen molar-refractivity contribution >= 4 is 32.3 Å². The number of benzene rings is 1. The summed E-state index contributed by atoms with van der Waals surface area (Å²) < 4.78 is 1.24. The highest BCUT2D eigenvalue weighted by Crippen LogP contribution is 2.30. The molecular weight excluding hydrogens is 204 g/mol. The van der Waals surface area contributed by atoms with Crippen molar-refractivity contribution in [2.24, 2.45) is 5.73 Å². The van der Waals surface area contributed by atoms with Crippen LogP contribution in [0.3, 0.4) is 0 Å². The van der Waals surface area contributed by atoms with Gasteiger partial charge in [-0.1, -0.05) is 18.2 Å². The molecule has 3 rings (SSSR count). The van der Waals surface area contributed by atoms with Gasteiger partial charge in [-0.3, -0.25) is 4.98 Å². The van der Waals surface area contributed by atoms with Crippen molar-refractivity contribution in [3.63, 3.8) is 0 Å². The Morgan fingerprint density at radius 3 is 2.93 bits per heavy atom. The minimum absolute atomic E-state index is 0.605. The van der Waals surface area contributed by atoms with Crippen molar-refractivity contribution < 1.29 is 0 Å². The van der Waals surface area contributed by atoms with E-state index in [1.807, 2.05) is 12.3 Å². The second-order valence-corrected chi connectivity index (χ2v) is 4.61. The molecule has 2 nitrogen and oxygen atoms in total. The average molecular weight is 214 g/mol. The van der Waals surface area contributed by atoms with Crippen molar-refractivity contribution in [1.29, 1.82) is 0 Å². The lowest BCUT2D eigenvalue weighted by Gasteiger charge is -1.96. The molecule has 0 fully saturated rings. The summed E-state index contributed by atoms with van der Waals surface area (Å²) in [6, 6.07) is 10.4. The maximum absolute atomic E-state index is 5.65. The van der Waals surface area contributed by atoms with Crippen molar-refractivity contribution in [1.82, 2.24) is 4.98 Å². The van der Waals surface area contributed by atoms with E-state index in [4.69, 9.17) is 5.73 Å². The first-order valence-electron chi connectivity index (χ1n) is 4.85. The Morgan fingerprint density at radius 2 is 2.07 bits per heavy atom. The van der Waals surface area contributed by atoms with Crippen LogP contribution >= 0.6 is 11.3 Å². The lowest BCUT2D eigenvalue weighted by atomic mass is 10.2. The van der Waals surface area contributed by atoms with Crippen LogP contribution in [0.1, 0.15) is 4.88 Å². The summed E-state index contributed by atoms with van der Waals surface area (Å²) >= 11 is 1.74. The summed E-state index contributed by atoms with van der Waals surface area (Å²) in [7, 11) is 0. The van der Waals surface area contributed by atoms with Gasteiger partial charge in [0.2, 0.25) is 0 Å². The van der Waals surface area contributed by atoms with Gasteiger partial charge in [-0.25, -0.2) is 0 Å². The Hall–Kier alpha value is -1.45. The Labute approximate surface area is 91.4 Å². The predicted octanol–water partition coefficient (Wildman–Crippen LogP) is 2.91. The Kier molecular flexibility index (Phi) is 1.94. The molecule has 0 spiro atoms. The molecule has 2 N–H and O–H groups in total. The number of pyridine rings is 1. The topological polar surface area (TPSA) is 38.9 Å². The zero-order valence-electron chi connectivity index (χ0n) is 8.10. The van der Waals surface area contributed by atoms with Crippen LogP contribution in [0.25, 0.3) is 21.0 Å². The van der Waals surface area contributed by atoms with Crippen molar-refractivity contribution in [3.8, 4) is 0 Å². The summed E-state index contributed by atoms with van der Waals surface area (Å²) in [5.74, 6) is 0. The summed E-state index contributed by atoms with van der Waals surface area (Å²) in [4.78, 5) is 5.64. The molecule has 0 radical (unpaired) electrons. The number of rotatable bonds is 1. The SMILES string of the molecule is NCc1cc2ccc3cccnc3c2s1. The van der Waals surface area contributed by atoms with Crippen LogP contribution in [0.4, 0.5) is 0 Å². The first-order chi connectivity index (χ1) is 7.38. The fraction of sp³-hybridized carbons (Fsp3) is 0.0833. The van der Waals surface area contributed by atoms with Gasteiger partial charge in [-0.2, -0.15) is 0 Å². The van der Waals surface area contributed by atoms with Gasteiger partial charge in [0.25, 0.3) is 0 Å². The van der Waals surface area contributed by atoms with E-state index in [1.165, 1.54) is 20.3 Å². The average Bonchev–Trinajstić information content (AvgIpc) is 2.72. The van der Waals surface area contributed by atoms with E-state index in [1.54, 1.807) is 11.3 Å². The van der Waals surface area contributed by atoms with E-state index in [-0.39, 0.29) is 0 Å². The number of hydrogen-bond acceptors (Lipinski definition) is 3. The molecule has 0 amide bonds. The van der Waals surface area contributed by atoms with E-state index < -0.39 is 0 Å². The van der Waals surface area contributed by atoms with Gasteiger partial charge in [-0.15, -0.1) is 11.3 Å². The second-order valence-electron chi connectivity index (χ2n) is 3.48. The van der Waals surface area contributed by atoms with Crippen LogP contribution in [0.15, 0.2) is 36.5 Å². The summed E-state index contributed by atoms with van der Waals surface area (Å²) in [6.07, 6.45) is 1.84. The molecule has 2 heterocycles. The van der Waals surface area contributed by atoms with Gasteiger partial charge < -0.3 is 5.73 Å². The van der Waals surface area contributed by atoms with Crippen LogP contribution in [0.2, 0.25) is 0 Å². The van der Waals surface area contributed by atoms with Gasteiger partial charge in [0, 0.05) is 23.0 Å². The zero-order chi connectivity index (χ0) is 10.3. The quantitative estimate of drug-likeness (QED) is 0.676. The standard InChI is InChI=1S/C12H10N2S/c13-7-10-6-9-4-3-8-2-1-5-14-11(8)12(9)15-10/h1-6H,7,13H2. The summed E-state index contributed by atoms with van der Waals surface area (Å²) in [5.41, 5.74) is 6.73. The predicted molar refractivity (Wildman–Crippen MR) is 65.0 cm³/mol. The largest absolute Gasteiger partial charge is 0.326 e. The Balaban J connectivity index is 2.47. The molecule has 0 aliphatic heterocycles. The van der Waals surface area contributed by atoms with Crippen LogP contribution in [0, 0.1) is 0 Å². The van der Waals surface area contributed by atoms with Crippen LogP contribution in [-0.2, 0) is 6.54 Å². The van der Waals surface area contributed by atoms with E-state index >= 15 is 0 Å². The third kappa shape index (κ3) is 1.32. The first-order valence-corrected chi connectivity index (χ1v) is 5.66. The number of thiophene rings is 1. The van der Waals surface area contributed by atoms with Gasteiger partial charge in [0.05, 0.1) is 10.2 Å². The minimum Gasteiger partial charge on any atom is -0.326 e. The highest BCUT2D eigenvalue weighted by molar-refractivity contribution is 7.20. The molecule has 0 saturated heterocycles. The molecule has 0 bridgehead atoms. The Bertz CT molecular complexity index is 628. The molecule has 0 aliphatic carbocycles. The maximum Gasteiger partial charge on any atom is 0.0880 e. The van der Waals surface area contributed by atoms with Crippen LogP contribution in [0.5, 0.6) is 0 Å². The van der Waals surface area contributed by atoms with E-state index in [0.29, 0.717) is 6.54 Å². The Morgan fingerprint density at radius 1 is 1.20 bits per heavy atom. The van der Waals surface area contributed by atoms with Gasteiger partial charge >= 0.3 is 0 Å². The molecule has 0 atom stereocenters. The molecule has 0 aliphatic rings. The zero-order valence-corrected chi connectivity index (χ0v) is 8.92. The summed E-state index contributed by atoms with van der Waals surface area (Å²) in [6.45, 7) is 0.605. The van der Waals surface area contributed by atoms with Gasteiger partial charge in [-0.05, 0) is 17.5 Å². The molecule has 0 unspecified atom stereocenters. The molecule has 1 aromatic carbocycles. The fourth-order valence-electron chi connectivity index (χ4n) is 1.79. The van der Waals surface area contributed by atoms with Crippen molar-refractivity contribution in [2.75, 3.05) is 0 Å². The molecule has 15 heavy (non-hydrogen) atoms. The number of nitrogens with zero attached hydrogens (tertiary/aromatic N) is 1. The van der Waals surface area contributed by atoms with Crippen molar-refractivity contribution in [3.05, 3.63) is 41.4 Å². The molecule has 74 valence electrons. The maximum atomic E-state index is 5.65. The summed E-state index contributed by atoms with van der Waals surface area (Å²) in [5, 5.41) is 2.43. The lowest BCUT2D eigenvalue weighted by molar-refractivity contribution is 1.11. The monoisotopic (exact) mass is 214 g/mol. The van der Waals surface area contributed by atoms with Gasteiger partial charge in [0.15, 0.2) is 0 Å². The normalized spacial score (nSPS) is 11.3. The lowest BCUT2D eigenvalue weighted by Crippen LogP contribution is -1.90. The second kappa shape index (κ2) is 3.29. The third-order valence-corrected chi connectivity index (χ3v) is 3.69. The third-order valence-electron chi connectivity index (χ3n) is 2.51. The first kappa shape index (κ1) is 8.83. The fourth-order valence-corrected chi connectivity index (χ4v) is 2.83. The number of nitrogens with two attached hydrogens (primary N) is 1. The van der Waals surface area contributed by atoms with E-state index in [9.17, 15) is 0 Å². The molecule has 0 saturated carbocycles. The number of aromatic nitrogens is 1. The van der Waals surface area contributed by atoms with Crippen LogP contribution < -0.4 is 5.73 Å². The number of fused-ring (bicyclic) bond motifs is 3. The molecule has 3 heteroatoms. The van der Waals surface area contributed by atoms with Gasteiger partial charge in [0.1, 0.15) is 0 Å². The molecule has 3 aromatic rings. The van der Waals surface area contributed by atoms with E-state index in [0.717, 1.165) is 5.52 Å². The highest BCUT2D eigenvalue weighted by atomic mass is 32.1. The number of hydrogen-bond donors (Lipinski definition) is 1. The van der Waals surface area contributed by atoms with E-state index in [2.05, 4.69) is 29.2 Å². The van der Waals surface area contributed by atoms with Crippen molar-refractivity contribution in [2.45, 2.75) is 6.54 Å². The molecular formula is C12H10N2S. The highest BCUT2D eigenvalue weighted by Gasteiger charge is 2.05. The van der Waals surface area contributed by atoms with Crippen LogP contribution in [-0.4, -0.2) is 4.98 Å². The minimum atomic E-state index is 0.605. The smallest absolute Gasteiger partial charge is 0.0880 e.